The van der Waals surface area contributed by atoms with Gasteiger partial charge >= 0.3 is 0 Å². The van der Waals surface area contributed by atoms with Crippen molar-refractivity contribution in [3.8, 4) is 0 Å². The number of halogens is 1. The molecule has 0 bridgehead atoms. The maximum Gasteiger partial charge on any atom is 0.251 e. The Morgan fingerprint density at radius 3 is 2.14 bits per heavy atom. The number of hydrogen-bond acceptors (Lipinski definition) is 1. The van der Waals surface area contributed by atoms with Crippen LogP contribution in [-0.2, 0) is 4.79 Å². The number of carbonyl (C=O) groups is 1. The van der Waals surface area contributed by atoms with E-state index in [0.717, 1.165) is 0 Å². The van der Waals surface area contributed by atoms with Gasteiger partial charge < -0.3 is 0 Å². The second-order valence-electron chi connectivity index (χ2n) is 1.00. The normalized spacial score (nSPS) is 7.57. The number of carbonyl (C=O) groups excluding carboxylic acids is 1. The van der Waals surface area contributed by atoms with Crippen LogP contribution >= 0.6 is 11.6 Å². The Balaban J connectivity index is 3.81. The highest BCUT2D eigenvalue weighted by atomic mass is 35.5. The highest BCUT2D eigenvalue weighted by Crippen LogP contribution is 1.95. The molecule has 38 valence electrons. The van der Waals surface area contributed by atoms with Crippen LogP contribution in [0.15, 0.2) is 24.8 Å². The molecule has 0 aliphatic heterocycles. The highest BCUT2D eigenvalue weighted by Gasteiger charge is 1.93. The summed E-state index contributed by atoms with van der Waals surface area (Å²) in [4.78, 5) is 9.97. The van der Waals surface area contributed by atoms with Gasteiger partial charge in [-0.1, -0.05) is 19.2 Å². The molecule has 0 heterocycles. The summed E-state index contributed by atoms with van der Waals surface area (Å²) < 4.78 is 0. The summed E-state index contributed by atoms with van der Waals surface area (Å²) in [5.74, 6) is 0. The highest BCUT2D eigenvalue weighted by molar-refractivity contribution is 6.68. The third kappa shape index (κ3) is 2.18. The molecule has 0 amide bonds. The maximum atomic E-state index is 9.97. The molecular formula is C5H5ClO. The van der Waals surface area contributed by atoms with Crippen LogP contribution < -0.4 is 0 Å². The van der Waals surface area contributed by atoms with Gasteiger partial charge in [-0.25, -0.2) is 0 Å². The van der Waals surface area contributed by atoms with Crippen molar-refractivity contribution in [3.05, 3.63) is 24.8 Å². The number of rotatable bonds is 2. The average molecular weight is 117 g/mol. The van der Waals surface area contributed by atoms with Crippen molar-refractivity contribution in [1.82, 2.24) is 0 Å². The molecule has 0 saturated heterocycles. The molecule has 0 radical (unpaired) electrons. The second kappa shape index (κ2) is 2.59. The van der Waals surface area contributed by atoms with Gasteiger partial charge in [0.15, 0.2) is 0 Å². The lowest BCUT2D eigenvalue weighted by atomic mass is 10.3. The smallest absolute Gasteiger partial charge is 0.251 e. The van der Waals surface area contributed by atoms with Crippen molar-refractivity contribution in [2.45, 2.75) is 0 Å². The van der Waals surface area contributed by atoms with Gasteiger partial charge in [-0.2, -0.15) is 0 Å². The topological polar surface area (TPSA) is 17.1 Å². The van der Waals surface area contributed by atoms with Gasteiger partial charge in [0.25, 0.3) is 5.24 Å². The van der Waals surface area contributed by atoms with Crippen LogP contribution in [0, 0.1) is 0 Å². The van der Waals surface area contributed by atoms with E-state index in [9.17, 15) is 4.79 Å². The summed E-state index contributed by atoms with van der Waals surface area (Å²) >= 11 is 4.92. The van der Waals surface area contributed by atoms with Gasteiger partial charge in [-0.3, -0.25) is 4.79 Å². The molecule has 0 N–H and O–H groups in total. The summed E-state index contributed by atoms with van der Waals surface area (Å²) in [6.45, 7) is 6.55. The summed E-state index contributed by atoms with van der Waals surface area (Å²) in [7, 11) is 0. The van der Waals surface area contributed by atoms with Crippen LogP contribution in [0.5, 0.6) is 0 Å². The predicted molar refractivity (Wildman–Crippen MR) is 30.2 cm³/mol. The van der Waals surface area contributed by atoms with Crippen LogP contribution in [0.25, 0.3) is 0 Å². The minimum atomic E-state index is -0.546. The van der Waals surface area contributed by atoms with E-state index < -0.39 is 5.24 Å². The van der Waals surface area contributed by atoms with Crippen LogP contribution in [0.1, 0.15) is 0 Å². The quantitative estimate of drug-likeness (QED) is 0.304. The molecule has 0 aromatic carbocycles. The Morgan fingerprint density at radius 2 is 2.14 bits per heavy atom. The molecule has 0 aliphatic carbocycles. The monoisotopic (exact) mass is 116 g/mol. The van der Waals surface area contributed by atoms with E-state index >= 15 is 0 Å². The first kappa shape index (κ1) is 6.44. The predicted octanol–water partition coefficient (Wildman–Crippen LogP) is 1.49. The lowest BCUT2D eigenvalue weighted by molar-refractivity contribution is -0.108. The number of allylic oxidation sites excluding steroid dienone is 2. The molecule has 0 atom stereocenters. The Hall–Kier alpha value is -0.560. The van der Waals surface area contributed by atoms with E-state index in [-0.39, 0.29) is 5.57 Å². The third-order valence-corrected chi connectivity index (χ3v) is 0.742. The summed E-state index contributed by atoms with van der Waals surface area (Å²) in [5.41, 5.74) is 0.238. The van der Waals surface area contributed by atoms with Crippen molar-refractivity contribution >= 4 is 16.8 Å². The van der Waals surface area contributed by atoms with Crippen molar-refractivity contribution in [1.29, 1.82) is 0 Å². The van der Waals surface area contributed by atoms with E-state index in [1.54, 1.807) is 0 Å². The third-order valence-electron chi connectivity index (χ3n) is 0.499. The standard InChI is InChI=1S/C5H5ClO/c1-3-4(2)5(6)7/h3H,1-2H2. The zero-order chi connectivity index (χ0) is 5.86. The van der Waals surface area contributed by atoms with Gasteiger partial charge in [-0.15, -0.1) is 0 Å². The average Bonchev–Trinajstić information content (AvgIpc) is 1.65. The molecule has 0 spiro atoms. The largest absolute Gasteiger partial charge is 0.276 e. The molecular weight excluding hydrogens is 112 g/mol. The van der Waals surface area contributed by atoms with Gasteiger partial charge in [0, 0.05) is 5.57 Å². The molecule has 2 heteroatoms. The van der Waals surface area contributed by atoms with Crippen LogP contribution in [0.3, 0.4) is 0 Å². The Labute approximate surface area is 47.3 Å². The van der Waals surface area contributed by atoms with Gasteiger partial charge in [0.1, 0.15) is 0 Å². The van der Waals surface area contributed by atoms with Gasteiger partial charge in [-0.05, 0) is 11.6 Å². The van der Waals surface area contributed by atoms with E-state index in [4.69, 9.17) is 11.6 Å². The van der Waals surface area contributed by atoms with Crippen LogP contribution in [0.4, 0.5) is 0 Å². The first-order valence-electron chi connectivity index (χ1n) is 1.69. The Morgan fingerprint density at radius 1 is 1.71 bits per heavy atom. The van der Waals surface area contributed by atoms with Crippen LogP contribution in [0.2, 0.25) is 0 Å². The fourth-order valence-corrected chi connectivity index (χ4v) is 0.157. The molecule has 0 fully saturated rings. The zero-order valence-corrected chi connectivity index (χ0v) is 4.53. The lowest BCUT2D eigenvalue weighted by Gasteiger charge is -1.81. The van der Waals surface area contributed by atoms with Crippen molar-refractivity contribution in [2.75, 3.05) is 0 Å². The SMILES string of the molecule is C=CC(=C)C(=O)Cl. The first-order valence-corrected chi connectivity index (χ1v) is 2.07. The van der Waals surface area contributed by atoms with E-state index in [0.29, 0.717) is 0 Å². The van der Waals surface area contributed by atoms with E-state index in [1.807, 2.05) is 0 Å². The minimum absolute atomic E-state index is 0.238. The fraction of sp³-hybridized carbons (Fsp3) is 0. The van der Waals surface area contributed by atoms with Crippen LogP contribution in [-0.4, -0.2) is 5.24 Å². The van der Waals surface area contributed by atoms with Gasteiger partial charge in [0.05, 0.1) is 0 Å². The zero-order valence-electron chi connectivity index (χ0n) is 3.78. The van der Waals surface area contributed by atoms with Gasteiger partial charge in [0.2, 0.25) is 0 Å². The lowest BCUT2D eigenvalue weighted by Crippen LogP contribution is -1.83. The number of hydrogen-bond donors (Lipinski definition) is 0. The molecule has 7 heavy (non-hydrogen) atoms. The molecule has 0 unspecified atom stereocenters. The van der Waals surface area contributed by atoms with E-state index in [1.165, 1.54) is 6.08 Å². The summed E-state index contributed by atoms with van der Waals surface area (Å²) in [6, 6.07) is 0. The fourth-order valence-electron chi connectivity index (χ4n) is 0.0802. The second-order valence-corrected chi connectivity index (χ2v) is 1.35. The molecule has 0 aromatic heterocycles. The Bertz CT molecular complexity index is 115. The molecule has 0 aliphatic rings. The van der Waals surface area contributed by atoms with Crippen molar-refractivity contribution < 1.29 is 4.79 Å². The van der Waals surface area contributed by atoms with Crippen molar-refractivity contribution in [2.24, 2.45) is 0 Å². The Kier molecular flexibility index (Phi) is 2.38. The molecule has 0 saturated carbocycles. The first-order chi connectivity index (χ1) is 3.18. The molecule has 1 nitrogen and oxygen atoms in total. The van der Waals surface area contributed by atoms with Crippen molar-refractivity contribution in [3.63, 3.8) is 0 Å². The maximum absolute atomic E-state index is 9.97. The molecule has 0 rings (SSSR count). The van der Waals surface area contributed by atoms with E-state index in [2.05, 4.69) is 13.2 Å². The summed E-state index contributed by atoms with van der Waals surface area (Å²) in [6.07, 6.45) is 1.31. The molecule has 0 aromatic rings. The minimum Gasteiger partial charge on any atom is -0.276 e. The summed E-state index contributed by atoms with van der Waals surface area (Å²) in [5, 5.41) is -0.546.